The van der Waals surface area contributed by atoms with Gasteiger partial charge in [-0.25, -0.2) is 0 Å². The van der Waals surface area contributed by atoms with Gasteiger partial charge in [-0.15, -0.1) is 0 Å². The van der Waals surface area contributed by atoms with Gasteiger partial charge in [0, 0.05) is 5.54 Å². The topological polar surface area (TPSA) is 12.0 Å². The van der Waals surface area contributed by atoms with E-state index in [-0.39, 0.29) is 0 Å². The van der Waals surface area contributed by atoms with E-state index < -0.39 is 0 Å². The summed E-state index contributed by atoms with van der Waals surface area (Å²) in [6.45, 7) is 3.61. The highest BCUT2D eigenvalue weighted by Gasteiger charge is 2.36. The van der Waals surface area contributed by atoms with Gasteiger partial charge < -0.3 is 5.32 Å². The molecule has 2 atom stereocenters. The van der Waals surface area contributed by atoms with Gasteiger partial charge in [0.05, 0.1) is 0 Å². The number of hydrogen-bond donors (Lipinski definition) is 1. The van der Waals surface area contributed by atoms with Gasteiger partial charge in [-0.1, -0.05) is 19.8 Å². The zero-order valence-corrected chi connectivity index (χ0v) is 7.53. The summed E-state index contributed by atoms with van der Waals surface area (Å²) in [5, 5.41) is 3.71. The van der Waals surface area contributed by atoms with Crippen LogP contribution in [0.4, 0.5) is 0 Å². The third-order valence-corrected chi connectivity index (χ3v) is 3.68. The Labute approximate surface area is 69.6 Å². The third-order valence-electron chi connectivity index (χ3n) is 3.68. The number of hydrogen-bond acceptors (Lipinski definition) is 1. The largest absolute Gasteiger partial charge is 0.311 e. The number of piperidine rings is 1. The summed E-state index contributed by atoms with van der Waals surface area (Å²) in [4.78, 5) is 0. The monoisotopic (exact) mass is 153 g/mol. The van der Waals surface area contributed by atoms with E-state index in [1.807, 2.05) is 0 Å². The smallest absolute Gasteiger partial charge is 0.0181 e. The van der Waals surface area contributed by atoms with E-state index >= 15 is 0 Å². The fourth-order valence-electron chi connectivity index (χ4n) is 2.88. The lowest BCUT2D eigenvalue weighted by Crippen LogP contribution is -2.52. The standard InChI is InChI=1S/C10H19N/c1-2-10-6-3-4-9(8-10)5-7-11-10/h9,11H,2-8H2,1H3. The number of nitrogens with one attached hydrogen (secondary N) is 1. The molecule has 1 heteroatoms. The second-order valence-electron chi connectivity index (χ2n) is 4.31. The molecule has 2 unspecified atom stereocenters. The van der Waals surface area contributed by atoms with E-state index in [1.165, 1.54) is 45.1 Å². The quantitative estimate of drug-likeness (QED) is 0.609. The maximum atomic E-state index is 3.71. The van der Waals surface area contributed by atoms with Gasteiger partial charge in [0.2, 0.25) is 0 Å². The maximum Gasteiger partial charge on any atom is 0.0181 e. The third kappa shape index (κ3) is 1.31. The van der Waals surface area contributed by atoms with Gasteiger partial charge in [0.25, 0.3) is 0 Å². The minimum absolute atomic E-state index is 0.571. The fourth-order valence-corrected chi connectivity index (χ4v) is 2.88. The molecule has 64 valence electrons. The van der Waals surface area contributed by atoms with Crippen molar-refractivity contribution >= 4 is 0 Å². The molecule has 1 nitrogen and oxygen atoms in total. The Morgan fingerprint density at radius 2 is 2.36 bits per heavy atom. The lowest BCUT2D eigenvalue weighted by molar-refractivity contribution is 0.125. The van der Waals surface area contributed by atoms with Crippen LogP contribution in [0.3, 0.4) is 0 Å². The van der Waals surface area contributed by atoms with E-state index in [0.29, 0.717) is 5.54 Å². The molecular weight excluding hydrogens is 134 g/mol. The van der Waals surface area contributed by atoms with Gasteiger partial charge in [-0.2, -0.15) is 0 Å². The van der Waals surface area contributed by atoms with Crippen molar-refractivity contribution in [3.8, 4) is 0 Å². The number of rotatable bonds is 1. The molecule has 0 radical (unpaired) electrons. The first-order valence-corrected chi connectivity index (χ1v) is 5.10. The molecule has 1 saturated heterocycles. The van der Waals surface area contributed by atoms with E-state index in [9.17, 15) is 0 Å². The van der Waals surface area contributed by atoms with Crippen molar-refractivity contribution in [2.24, 2.45) is 5.92 Å². The zero-order chi connectivity index (χ0) is 7.73. The van der Waals surface area contributed by atoms with Crippen molar-refractivity contribution in [3.05, 3.63) is 0 Å². The lowest BCUT2D eigenvalue weighted by atomic mass is 9.70. The zero-order valence-electron chi connectivity index (χ0n) is 7.53. The van der Waals surface area contributed by atoms with Crippen LogP contribution in [0, 0.1) is 5.92 Å². The molecule has 0 amide bonds. The molecule has 0 aromatic rings. The Morgan fingerprint density at radius 1 is 1.45 bits per heavy atom. The van der Waals surface area contributed by atoms with Crippen molar-refractivity contribution in [1.29, 1.82) is 0 Å². The predicted octanol–water partition coefficient (Wildman–Crippen LogP) is 2.32. The summed E-state index contributed by atoms with van der Waals surface area (Å²) in [5.41, 5.74) is 0.571. The van der Waals surface area contributed by atoms with Crippen LogP contribution in [0.15, 0.2) is 0 Å². The van der Waals surface area contributed by atoms with Crippen LogP contribution in [-0.4, -0.2) is 12.1 Å². The second-order valence-corrected chi connectivity index (χ2v) is 4.31. The van der Waals surface area contributed by atoms with Crippen molar-refractivity contribution in [2.75, 3.05) is 6.54 Å². The molecule has 0 aromatic carbocycles. The summed E-state index contributed by atoms with van der Waals surface area (Å²) in [6.07, 6.45) is 8.63. The Bertz CT molecular complexity index is 132. The van der Waals surface area contributed by atoms with E-state index in [4.69, 9.17) is 0 Å². The lowest BCUT2D eigenvalue weighted by Gasteiger charge is -2.45. The first-order chi connectivity index (χ1) is 5.35. The molecule has 1 saturated carbocycles. The summed E-state index contributed by atoms with van der Waals surface area (Å²) < 4.78 is 0. The molecule has 0 spiro atoms. The van der Waals surface area contributed by atoms with Crippen molar-refractivity contribution in [3.63, 3.8) is 0 Å². The van der Waals surface area contributed by atoms with Crippen LogP contribution in [0.5, 0.6) is 0 Å². The average Bonchev–Trinajstić information content (AvgIpc) is 2.05. The second kappa shape index (κ2) is 2.78. The molecular formula is C10H19N. The maximum absolute atomic E-state index is 3.71. The van der Waals surface area contributed by atoms with Crippen molar-refractivity contribution < 1.29 is 0 Å². The van der Waals surface area contributed by atoms with Crippen LogP contribution in [0.25, 0.3) is 0 Å². The Hall–Kier alpha value is -0.0400. The molecule has 11 heavy (non-hydrogen) atoms. The van der Waals surface area contributed by atoms with Crippen LogP contribution in [0.2, 0.25) is 0 Å². The van der Waals surface area contributed by atoms with E-state index in [1.54, 1.807) is 0 Å². The molecule has 2 fully saturated rings. The van der Waals surface area contributed by atoms with E-state index in [0.717, 1.165) is 5.92 Å². The van der Waals surface area contributed by atoms with Gasteiger partial charge in [0.15, 0.2) is 0 Å². The summed E-state index contributed by atoms with van der Waals surface area (Å²) in [6, 6.07) is 0. The Kier molecular flexibility index (Phi) is 1.92. The van der Waals surface area contributed by atoms with Gasteiger partial charge in [-0.05, 0) is 38.1 Å². The van der Waals surface area contributed by atoms with Gasteiger partial charge in [-0.3, -0.25) is 0 Å². The summed E-state index contributed by atoms with van der Waals surface area (Å²) in [5.74, 6) is 1.06. The highest BCUT2D eigenvalue weighted by molar-refractivity contribution is 4.95. The normalized spacial score (nSPS) is 43.9. The minimum Gasteiger partial charge on any atom is -0.311 e. The fraction of sp³-hybridized carbons (Fsp3) is 1.00. The predicted molar refractivity (Wildman–Crippen MR) is 47.6 cm³/mol. The SMILES string of the molecule is CCC12CCCC(CCN1)C2. The van der Waals surface area contributed by atoms with Gasteiger partial charge >= 0.3 is 0 Å². The van der Waals surface area contributed by atoms with Crippen LogP contribution < -0.4 is 5.32 Å². The first-order valence-electron chi connectivity index (χ1n) is 5.10. The van der Waals surface area contributed by atoms with Crippen molar-refractivity contribution in [2.45, 2.75) is 51.0 Å². The number of fused-ring (bicyclic) bond motifs is 2. The Morgan fingerprint density at radius 3 is 3.09 bits per heavy atom. The summed E-state index contributed by atoms with van der Waals surface area (Å²) in [7, 11) is 0. The molecule has 2 aliphatic rings. The Balaban J connectivity index is 2.07. The van der Waals surface area contributed by atoms with E-state index in [2.05, 4.69) is 12.2 Å². The van der Waals surface area contributed by atoms with Gasteiger partial charge in [0.1, 0.15) is 0 Å². The van der Waals surface area contributed by atoms with Crippen molar-refractivity contribution in [1.82, 2.24) is 5.32 Å². The first kappa shape index (κ1) is 7.60. The molecule has 1 N–H and O–H groups in total. The highest BCUT2D eigenvalue weighted by atomic mass is 15.0. The average molecular weight is 153 g/mol. The molecule has 0 aromatic heterocycles. The van der Waals surface area contributed by atoms with Crippen LogP contribution >= 0.6 is 0 Å². The molecule has 1 heterocycles. The highest BCUT2D eigenvalue weighted by Crippen LogP contribution is 2.38. The minimum atomic E-state index is 0.571. The molecule has 1 aliphatic carbocycles. The van der Waals surface area contributed by atoms with Crippen LogP contribution in [0.1, 0.15) is 45.4 Å². The van der Waals surface area contributed by atoms with Crippen LogP contribution in [-0.2, 0) is 0 Å². The molecule has 1 aliphatic heterocycles. The molecule has 2 bridgehead atoms. The molecule has 2 rings (SSSR count). The summed E-state index contributed by atoms with van der Waals surface area (Å²) >= 11 is 0.